The number of H-pyrrole nitrogens is 1. The Balaban J connectivity index is 1.47. The van der Waals surface area contributed by atoms with Gasteiger partial charge in [-0.15, -0.1) is 0 Å². The van der Waals surface area contributed by atoms with E-state index in [0.29, 0.717) is 30.9 Å². The fraction of sp³-hybridized carbons (Fsp3) is 0.188. The van der Waals surface area contributed by atoms with Crippen LogP contribution in [0.1, 0.15) is 29.7 Å². The molecule has 7 nitrogen and oxygen atoms in total. The van der Waals surface area contributed by atoms with Crippen LogP contribution in [0.2, 0.25) is 0 Å². The number of fused-ring (bicyclic) bond motifs is 1. The molecule has 7 heteroatoms. The summed E-state index contributed by atoms with van der Waals surface area (Å²) in [5, 5.41) is 11.9. The average Bonchev–Trinajstić information content (AvgIpc) is 3.49. The van der Waals surface area contributed by atoms with Crippen LogP contribution < -0.4 is 9.47 Å². The highest BCUT2D eigenvalue weighted by molar-refractivity contribution is 6.14. The van der Waals surface area contributed by atoms with E-state index in [0.717, 1.165) is 27.8 Å². The summed E-state index contributed by atoms with van der Waals surface area (Å²) in [6.45, 7) is 2.73. The third-order valence-corrected chi connectivity index (χ3v) is 6.90. The fourth-order valence-electron chi connectivity index (χ4n) is 4.95. The van der Waals surface area contributed by atoms with Crippen molar-refractivity contribution in [3.05, 3.63) is 113 Å². The first-order chi connectivity index (χ1) is 19.0. The molecule has 3 aromatic carbocycles. The van der Waals surface area contributed by atoms with Crippen molar-refractivity contribution in [2.24, 2.45) is 0 Å². The third-order valence-electron chi connectivity index (χ3n) is 6.90. The number of ether oxygens (including phenoxy) is 2. The van der Waals surface area contributed by atoms with E-state index < -0.39 is 23.5 Å². The van der Waals surface area contributed by atoms with Crippen LogP contribution in [0.25, 0.3) is 17.0 Å². The number of nitrogens with one attached hydrogen (secondary N) is 1. The first kappa shape index (κ1) is 25.9. The van der Waals surface area contributed by atoms with E-state index in [1.165, 1.54) is 6.08 Å². The molecule has 0 saturated carbocycles. The Kier molecular flexibility index (Phi) is 7.50. The Morgan fingerprint density at radius 1 is 1.05 bits per heavy atom. The fourth-order valence-corrected chi connectivity index (χ4v) is 4.95. The van der Waals surface area contributed by atoms with Crippen molar-refractivity contribution < 1.29 is 24.2 Å². The largest absolute Gasteiger partial charge is 0.503 e. The normalized spacial score (nSPS) is 15.5. The van der Waals surface area contributed by atoms with Gasteiger partial charge in [0.15, 0.2) is 11.5 Å². The molecule has 0 aliphatic carbocycles. The molecule has 5 rings (SSSR count). The van der Waals surface area contributed by atoms with Gasteiger partial charge in [-0.05, 0) is 66.4 Å². The van der Waals surface area contributed by atoms with E-state index in [9.17, 15) is 14.7 Å². The second-order valence-electron chi connectivity index (χ2n) is 9.25. The highest BCUT2D eigenvalue weighted by atomic mass is 16.5. The van der Waals surface area contributed by atoms with Gasteiger partial charge in [0.1, 0.15) is 11.5 Å². The molecule has 1 amide bonds. The van der Waals surface area contributed by atoms with Crippen LogP contribution in [0.3, 0.4) is 0 Å². The van der Waals surface area contributed by atoms with Crippen molar-refractivity contribution in [1.29, 1.82) is 0 Å². The zero-order valence-corrected chi connectivity index (χ0v) is 21.9. The van der Waals surface area contributed by atoms with Gasteiger partial charge in [0.25, 0.3) is 5.91 Å². The Labute approximate surface area is 227 Å². The predicted molar refractivity (Wildman–Crippen MR) is 151 cm³/mol. The molecule has 198 valence electrons. The number of aromatic nitrogens is 1. The number of rotatable bonds is 10. The van der Waals surface area contributed by atoms with E-state index in [2.05, 4.69) is 4.98 Å². The van der Waals surface area contributed by atoms with Crippen LogP contribution in [0, 0.1) is 0 Å². The maximum absolute atomic E-state index is 13.4. The lowest BCUT2D eigenvalue weighted by Gasteiger charge is -2.26. The van der Waals surface area contributed by atoms with Gasteiger partial charge in [-0.2, -0.15) is 0 Å². The predicted octanol–water partition coefficient (Wildman–Crippen LogP) is 5.80. The number of aliphatic hydroxyl groups excluding tert-OH is 1. The minimum Gasteiger partial charge on any atom is -0.503 e. The highest BCUT2D eigenvalue weighted by Crippen LogP contribution is 2.39. The molecule has 1 aliphatic rings. The quantitative estimate of drug-likeness (QED) is 0.257. The SMILES string of the molecule is CCOc1ccc(C2C(C(=O)/C=C/c3ccccc3)=C(O)C(=O)N2CCc2c[nH]c3ccc(OC)cc23)cc1. The zero-order valence-electron chi connectivity index (χ0n) is 21.9. The van der Waals surface area contributed by atoms with Crippen molar-refractivity contribution in [1.82, 2.24) is 9.88 Å². The van der Waals surface area contributed by atoms with Crippen LogP contribution in [0.4, 0.5) is 0 Å². The minimum absolute atomic E-state index is 0.0666. The van der Waals surface area contributed by atoms with E-state index in [1.54, 1.807) is 18.1 Å². The number of hydrogen-bond donors (Lipinski definition) is 2. The van der Waals surface area contributed by atoms with Gasteiger partial charge in [-0.25, -0.2) is 0 Å². The molecule has 1 aliphatic heterocycles. The van der Waals surface area contributed by atoms with E-state index >= 15 is 0 Å². The van der Waals surface area contributed by atoms with Gasteiger partial charge in [0.05, 0.1) is 25.3 Å². The minimum atomic E-state index is -0.735. The summed E-state index contributed by atoms with van der Waals surface area (Å²) in [7, 11) is 1.62. The van der Waals surface area contributed by atoms with Gasteiger partial charge < -0.3 is 24.5 Å². The molecular formula is C32H30N2O5. The van der Waals surface area contributed by atoms with Crippen molar-refractivity contribution in [2.75, 3.05) is 20.3 Å². The molecule has 39 heavy (non-hydrogen) atoms. The van der Waals surface area contributed by atoms with Crippen molar-refractivity contribution in [3.8, 4) is 11.5 Å². The first-order valence-electron chi connectivity index (χ1n) is 12.9. The number of aliphatic hydroxyl groups is 1. The first-order valence-corrected chi connectivity index (χ1v) is 12.9. The Hall–Kier alpha value is -4.78. The van der Waals surface area contributed by atoms with E-state index in [-0.39, 0.29) is 5.57 Å². The Morgan fingerprint density at radius 2 is 1.79 bits per heavy atom. The summed E-state index contributed by atoms with van der Waals surface area (Å²) in [5.74, 6) is -0.0666. The van der Waals surface area contributed by atoms with Gasteiger partial charge in [-0.1, -0.05) is 48.5 Å². The number of amides is 1. The van der Waals surface area contributed by atoms with Gasteiger partial charge in [-0.3, -0.25) is 9.59 Å². The lowest BCUT2D eigenvalue weighted by atomic mass is 9.95. The molecule has 0 radical (unpaired) electrons. The summed E-state index contributed by atoms with van der Waals surface area (Å²) in [6.07, 6.45) is 5.52. The molecule has 1 unspecified atom stereocenters. The van der Waals surface area contributed by atoms with Gasteiger partial charge in [0.2, 0.25) is 0 Å². The maximum Gasteiger partial charge on any atom is 0.290 e. The topological polar surface area (TPSA) is 91.9 Å². The molecule has 1 aromatic heterocycles. The van der Waals surface area contributed by atoms with Crippen molar-refractivity contribution in [2.45, 2.75) is 19.4 Å². The second-order valence-corrected chi connectivity index (χ2v) is 9.25. The van der Waals surface area contributed by atoms with Crippen LogP contribution in [0.15, 0.2) is 96.4 Å². The average molecular weight is 523 g/mol. The van der Waals surface area contributed by atoms with Crippen LogP contribution in [0.5, 0.6) is 11.5 Å². The number of carbonyl (C=O) groups is 2. The summed E-state index contributed by atoms with van der Waals surface area (Å²) < 4.78 is 11.0. The Morgan fingerprint density at radius 3 is 2.51 bits per heavy atom. The number of benzene rings is 3. The molecule has 0 spiro atoms. The number of carbonyl (C=O) groups excluding carboxylic acids is 2. The number of allylic oxidation sites excluding steroid dienone is 1. The third kappa shape index (κ3) is 5.29. The molecule has 1 atom stereocenters. The molecule has 2 heterocycles. The van der Waals surface area contributed by atoms with Crippen LogP contribution >= 0.6 is 0 Å². The summed E-state index contributed by atoms with van der Waals surface area (Å²) in [4.78, 5) is 31.6. The van der Waals surface area contributed by atoms with Gasteiger partial charge >= 0.3 is 0 Å². The highest BCUT2D eigenvalue weighted by Gasteiger charge is 2.42. The van der Waals surface area contributed by atoms with Gasteiger partial charge in [0, 0.05) is 23.6 Å². The summed E-state index contributed by atoms with van der Waals surface area (Å²) in [6, 6.07) is 21.8. The van der Waals surface area contributed by atoms with Crippen LogP contribution in [-0.4, -0.2) is 46.9 Å². The maximum atomic E-state index is 13.4. The summed E-state index contributed by atoms with van der Waals surface area (Å²) >= 11 is 0. The number of nitrogens with zero attached hydrogens (tertiary/aromatic N) is 1. The van der Waals surface area contributed by atoms with Crippen LogP contribution in [-0.2, 0) is 16.0 Å². The number of methoxy groups -OCH3 is 1. The zero-order chi connectivity index (χ0) is 27.4. The van der Waals surface area contributed by atoms with E-state index in [4.69, 9.17) is 9.47 Å². The number of hydrogen-bond acceptors (Lipinski definition) is 5. The van der Waals surface area contributed by atoms with Crippen molar-refractivity contribution in [3.63, 3.8) is 0 Å². The molecular weight excluding hydrogens is 492 g/mol. The Bertz CT molecular complexity index is 1550. The van der Waals surface area contributed by atoms with Crippen molar-refractivity contribution >= 4 is 28.7 Å². The second kappa shape index (κ2) is 11.3. The lowest BCUT2D eigenvalue weighted by molar-refractivity contribution is -0.129. The molecule has 0 fully saturated rings. The molecule has 4 aromatic rings. The van der Waals surface area contributed by atoms with E-state index in [1.807, 2.05) is 85.9 Å². The smallest absolute Gasteiger partial charge is 0.290 e. The number of ketones is 1. The standard InChI is InChI=1S/C32H30N2O5/c1-3-39-24-12-10-22(11-13-24)30-29(28(35)16-9-21-7-5-4-6-8-21)31(36)32(37)34(30)18-17-23-20-33-27-15-14-25(38-2)19-26(23)27/h4-16,19-20,30,33,36H,3,17-18H2,1-2H3/b16-9+. The molecule has 0 bridgehead atoms. The number of aromatic amines is 1. The molecule has 2 N–H and O–H groups in total. The summed E-state index contributed by atoms with van der Waals surface area (Å²) in [5.41, 5.74) is 3.60. The lowest BCUT2D eigenvalue weighted by Crippen LogP contribution is -2.33. The monoisotopic (exact) mass is 522 g/mol. The molecule has 0 saturated heterocycles.